The summed E-state index contributed by atoms with van der Waals surface area (Å²) in [5, 5.41) is 13.6. The van der Waals surface area contributed by atoms with E-state index in [0.717, 1.165) is 37.0 Å². The van der Waals surface area contributed by atoms with Crippen LogP contribution in [0.3, 0.4) is 0 Å². The van der Waals surface area contributed by atoms with E-state index in [1.54, 1.807) is 12.1 Å². The number of nitrogens with one attached hydrogen (secondary N) is 1. The standard InChI is InChI=1S/C19H22N2O2/c1-2-3-5-10-18(15-8-6-4-7-9-15)20-21-19(23)16-11-13-17(22)14-12-16/h4,6-9,11-14,22H,2-3,5,10H2,1H3,(H,21,23)/b20-18+. The van der Waals surface area contributed by atoms with Gasteiger partial charge in [0.2, 0.25) is 0 Å². The first-order valence-electron chi connectivity index (χ1n) is 7.92. The molecule has 120 valence electrons. The first-order chi connectivity index (χ1) is 11.2. The van der Waals surface area contributed by atoms with Gasteiger partial charge in [-0.1, -0.05) is 50.1 Å². The van der Waals surface area contributed by atoms with Gasteiger partial charge in [0.15, 0.2) is 0 Å². The minimum absolute atomic E-state index is 0.134. The highest BCUT2D eigenvalue weighted by Gasteiger charge is 2.07. The van der Waals surface area contributed by atoms with Crippen LogP contribution < -0.4 is 5.43 Å². The molecule has 0 aliphatic heterocycles. The van der Waals surface area contributed by atoms with Gasteiger partial charge in [-0.25, -0.2) is 5.43 Å². The van der Waals surface area contributed by atoms with Gasteiger partial charge in [-0.2, -0.15) is 5.10 Å². The van der Waals surface area contributed by atoms with Crippen molar-refractivity contribution in [2.75, 3.05) is 0 Å². The fourth-order valence-corrected chi connectivity index (χ4v) is 2.23. The lowest BCUT2D eigenvalue weighted by Crippen LogP contribution is -2.20. The van der Waals surface area contributed by atoms with E-state index in [1.165, 1.54) is 12.1 Å². The Morgan fingerprint density at radius 1 is 1.00 bits per heavy atom. The fourth-order valence-electron chi connectivity index (χ4n) is 2.23. The van der Waals surface area contributed by atoms with Gasteiger partial charge in [-0.15, -0.1) is 0 Å². The second-order valence-electron chi connectivity index (χ2n) is 5.37. The molecule has 0 atom stereocenters. The number of aromatic hydroxyl groups is 1. The minimum atomic E-state index is -0.283. The molecule has 2 rings (SSSR count). The molecule has 23 heavy (non-hydrogen) atoms. The van der Waals surface area contributed by atoms with Crippen LogP contribution in [-0.4, -0.2) is 16.7 Å². The molecule has 4 nitrogen and oxygen atoms in total. The van der Waals surface area contributed by atoms with Crippen molar-refractivity contribution in [1.29, 1.82) is 0 Å². The number of rotatable bonds is 7. The minimum Gasteiger partial charge on any atom is -0.508 e. The fraction of sp³-hybridized carbons (Fsp3) is 0.263. The van der Waals surface area contributed by atoms with Crippen molar-refractivity contribution >= 4 is 11.6 Å². The molecule has 0 aliphatic rings. The Bertz CT molecular complexity index is 649. The summed E-state index contributed by atoms with van der Waals surface area (Å²) < 4.78 is 0. The van der Waals surface area contributed by atoms with E-state index in [2.05, 4.69) is 17.5 Å². The van der Waals surface area contributed by atoms with Crippen LogP contribution >= 0.6 is 0 Å². The van der Waals surface area contributed by atoms with Crippen LogP contribution in [0.1, 0.15) is 48.5 Å². The summed E-state index contributed by atoms with van der Waals surface area (Å²) in [7, 11) is 0. The number of hydrazone groups is 1. The number of carbonyl (C=O) groups is 1. The number of unbranched alkanes of at least 4 members (excludes halogenated alkanes) is 2. The zero-order chi connectivity index (χ0) is 16.5. The zero-order valence-electron chi connectivity index (χ0n) is 13.3. The predicted octanol–water partition coefficient (Wildman–Crippen LogP) is 4.11. The van der Waals surface area contributed by atoms with Gasteiger partial charge in [-0.3, -0.25) is 4.79 Å². The van der Waals surface area contributed by atoms with Gasteiger partial charge in [0, 0.05) is 5.56 Å². The Labute approximate surface area is 136 Å². The van der Waals surface area contributed by atoms with Gasteiger partial charge in [0.25, 0.3) is 5.91 Å². The Hall–Kier alpha value is -2.62. The van der Waals surface area contributed by atoms with Gasteiger partial charge >= 0.3 is 0 Å². The van der Waals surface area contributed by atoms with Crippen molar-refractivity contribution in [3.63, 3.8) is 0 Å². The first-order valence-corrected chi connectivity index (χ1v) is 7.92. The number of amides is 1. The van der Waals surface area contributed by atoms with Crippen molar-refractivity contribution in [1.82, 2.24) is 5.43 Å². The number of hydrogen-bond donors (Lipinski definition) is 2. The second kappa shape index (κ2) is 8.73. The van der Waals surface area contributed by atoms with Crippen molar-refractivity contribution in [2.24, 2.45) is 5.10 Å². The van der Waals surface area contributed by atoms with Crippen LogP contribution in [0.25, 0.3) is 0 Å². The highest BCUT2D eigenvalue weighted by Crippen LogP contribution is 2.11. The summed E-state index contributed by atoms with van der Waals surface area (Å²) in [5.74, 6) is -0.150. The molecule has 0 saturated carbocycles. The maximum Gasteiger partial charge on any atom is 0.271 e. The first kappa shape index (κ1) is 16.7. The predicted molar refractivity (Wildman–Crippen MR) is 92.7 cm³/mol. The Kier molecular flexibility index (Phi) is 6.36. The van der Waals surface area contributed by atoms with Crippen LogP contribution in [-0.2, 0) is 0 Å². The van der Waals surface area contributed by atoms with Crippen LogP contribution in [0.5, 0.6) is 5.75 Å². The zero-order valence-corrected chi connectivity index (χ0v) is 13.3. The molecule has 0 unspecified atom stereocenters. The second-order valence-corrected chi connectivity index (χ2v) is 5.37. The topological polar surface area (TPSA) is 61.7 Å². The molecule has 1 amide bonds. The largest absolute Gasteiger partial charge is 0.508 e. The maximum atomic E-state index is 12.1. The lowest BCUT2D eigenvalue weighted by molar-refractivity contribution is 0.0955. The SMILES string of the molecule is CCCCC/C(=N\NC(=O)c1ccc(O)cc1)c1ccccc1. The molecule has 0 radical (unpaired) electrons. The number of benzene rings is 2. The Balaban J connectivity index is 2.09. The molecule has 0 aliphatic carbocycles. The van der Waals surface area contributed by atoms with E-state index in [9.17, 15) is 9.90 Å². The Morgan fingerprint density at radius 2 is 1.70 bits per heavy atom. The third-order valence-corrected chi connectivity index (χ3v) is 3.55. The molecule has 2 aromatic rings. The van der Waals surface area contributed by atoms with Crippen LogP contribution in [0, 0.1) is 0 Å². The van der Waals surface area contributed by atoms with E-state index in [1.807, 2.05) is 30.3 Å². The highest BCUT2D eigenvalue weighted by molar-refractivity contribution is 6.02. The molecule has 4 heteroatoms. The smallest absolute Gasteiger partial charge is 0.271 e. The highest BCUT2D eigenvalue weighted by atomic mass is 16.3. The summed E-state index contributed by atoms with van der Waals surface area (Å²) in [6.45, 7) is 2.16. The van der Waals surface area contributed by atoms with Crippen molar-refractivity contribution in [2.45, 2.75) is 32.6 Å². The molecule has 2 aromatic carbocycles. The Morgan fingerprint density at radius 3 is 2.35 bits per heavy atom. The summed E-state index contributed by atoms with van der Waals surface area (Å²) in [6, 6.07) is 16.0. The van der Waals surface area contributed by atoms with Crippen molar-refractivity contribution < 1.29 is 9.90 Å². The molecular formula is C19H22N2O2. The summed E-state index contributed by atoms with van der Waals surface area (Å²) in [4.78, 5) is 12.1. The van der Waals surface area contributed by atoms with Gasteiger partial charge in [-0.05, 0) is 42.7 Å². The monoisotopic (exact) mass is 310 g/mol. The molecule has 0 aromatic heterocycles. The third-order valence-electron chi connectivity index (χ3n) is 3.55. The normalized spacial score (nSPS) is 11.3. The van der Waals surface area contributed by atoms with Crippen LogP contribution in [0.4, 0.5) is 0 Å². The molecular weight excluding hydrogens is 288 g/mol. The van der Waals surface area contributed by atoms with E-state index in [4.69, 9.17) is 0 Å². The number of phenolic OH excluding ortho intramolecular Hbond substituents is 1. The third kappa shape index (κ3) is 5.25. The van der Waals surface area contributed by atoms with Gasteiger partial charge in [0.1, 0.15) is 5.75 Å². The van der Waals surface area contributed by atoms with E-state index < -0.39 is 0 Å². The summed E-state index contributed by atoms with van der Waals surface area (Å²) in [5.41, 5.74) is 4.98. The molecule has 0 bridgehead atoms. The molecule has 2 N–H and O–H groups in total. The number of carbonyl (C=O) groups excluding carboxylic acids is 1. The van der Waals surface area contributed by atoms with E-state index in [0.29, 0.717) is 5.56 Å². The molecule has 0 fully saturated rings. The number of hydrogen-bond acceptors (Lipinski definition) is 3. The van der Waals surface area contributed by atoms with E-state index >= 15 is 0 Å². The maximum absolute atomic E-state index is 12.1. The summed E-state index contributed by atoms with van der Waals surface area (Å²) >= 11 is 0. The van der Waals surface area contributed by atoms with E-state index in [-0.39, 0.29) is 11.7 Å². The average Bonchev–Trinajstić information content (AvgIpc) is 2.59. The molecule has 0 spiro atoms. The molecule has 0 saturated heterocycles. The van der Waals surface area contributed by atoms with Crippen LogP contribution in [0.15, 0.2) is 59.7 Å². The number of nitrogens with zero attached hydrogens (tertiary/aromatic N) is 1. The van der Waals surface area contributed by atoms with Crippen molar-refractivity contribution in [3.8, 4) is 5.75 Å². The molecule has 0 heterocycles. The van der Waals surface area contributed by atoms with Gasteiger partial charge < -0.3 is 5.11 Å². The lowest BCUT2D eigenvalue weighted by Gasteiger charge is -2.07. The lowest BCUT2D eigenvalue weighted by atomic mass is 10.0. The van der Waals surface area contributed by atoms with Crippen molar-refractivity contribution in [3.05, 3.63) is 65.7 Å². The summed E-state index contributed by atoms with van der Waals surface area (Å²) in [6.07, 6.45) is 4.15. The quantitative estimate of drug-likeness (QED) is 0.459. The number of phenols is 1. The average molecular weight is 310 g/mol. The van der Waals surface area contributed by atoms with Crippen LogP contribution in [0.2, 0.25) is 0 Å². The van der Waals surface area contributed by atoms with Gasteiger partial charge in [0.05, 0.1) is 5.71 Å².